The van der Waals surface area contributed by atoms with Crippen LogP contribution in [-0.2, 0) is 5.54 Å². The Morgan fingerprint density at radius 2 is 1.56 bits per heavy atom. The molecule has 8 heteroatoms. The lowest BCUT2D eigenvalue weighted by Crippen LogP contribution is -2.48. The fourth-order valence-electron chi connectivity index (χ4n) is 4.27. The molecule has 1 aromatic heterocycles. The lowest BCUT2D eigenvalue weighted by molar-refractivity contribution is 0.191. The van der Waals surface area contributed by atoms with Gasteiger partial charge in [0.25, 0.3) is 0 Å². The van der Waals surface area contributed by atoms with Crippen LogP contribution < -0.4 is 14.4 Å². The van der Waals surface area contributed by atoms with Crippen molar-refractivity contribution in [2.24, 2.45) is 0 Å². The molecule has 0 bridgehead atoms. The second-order valence-electron chi connectivity index (χ2n) is 9.00. The summed E-state index contributed by atoms with van der Waals surface area (Å²) in [7, 11) is 3.31. The van der Waals surface area contributed by atoms with Crippen molar-refractivity contribution in [2.45, 2.75) is 32.4 Å². The summed E-state index contributed by atoms with van der Waals surface area (Å²) in [5.41, 5.74) is 2.10. The van der Waals surface area contributed by atoms with Crippen molar-refractivity contribution in [3.8, 4) is 11.5 Å². The molecule has 32 heavy (non-hydrogen) atoms. The summed E-state index contributed by atoms with van der Waals surface area (Å²) in [5, 5.41) is 12.9. The van der Waals surface area contributed by atoms with E-state index in [1.807, 2.05) is 16.8 Å². The summed E-state index contributed by atoms with van der Waals surface area (Å²) < 4.78 is 13.0. The number of rotatable bonds is 6. The highest BCUT2D eigenvalue weighted by atomic mass is 16.5. The van der Waals surface area contributed by atoms with Crippen molar-refractivity contribution in [3.63, 3.8) is 0 Å². The molecule has 0 amide bonds. The molecular weight excluding hydrogens is 404 g/mol. The number of piperazine rings is 1. The van der Waals surface area contributed by atoms with E-state index in [0.717, 1.165) is 37.6 Å². The minimum atomic E-state index is -0.237. The highest BCUT2D eigenvalue weighted by Crippen LogP contribution is 2.36. The van der Waals surface area contributed by atoms with E-state index in [4.69, 9.17) is 9.47 Å². The van der Waals surface area contributed by atoms with Crippen molar-refractivity contribution in [3.05, 3.63) is 59.9 Å². The van der Waals surface area contributed by atoms with Gasteiger partial charge in [0, 0.05) is 31.9 Å². The topological polar surface area (TPSA) is 68.5 Å². The van der Waals surface area contributed by atoms with E-state index < -0.39 is 0 Å². The maximum Gasteiger partial charge on any atom is 0.173 e. The van der Waals surface area contributed by atoms with Gasteiger partial charge >= 0.3 is 0 Å². The molecule has 1 fully saturated rings. The lowest BCUT2D eigenvalue weighted by atomic mass is 10.0. The first-order valence-corrected chi connectivity index (χ1v) is 11.0. The van der Waals surface area contributed by atoms with Crippen LogP contribution in [0.3, 0.4) is 0 Å². The van der Waals surface area contributed by atoms with Crippen molar-refractivity contribution in [2.75, 3.05) is 45.3 Å². The molecule has 1 atom stereocenters. The van der Waals surface area contributed by atoms with Gasteiger partial charge in [-0.15, -0.1) is 5.10 Å². The molecule has 1 unspecified atom stereocenters. The van der Waals surface area contributed by atoms with Gasteiger partial charge in [0.2, 0.25) is 0 Å². The molecule has 170 valence electrons. The third kappa shape index (κ3) is 4.41. The Morgan fingerprint density at radius 3 is 2.19 bits per heavy atom. The van der Waals surface area contributed by atoms with Gasteiger partial charge in [-0.1, -0.05) is 24.3 Å². The van der Waals surface area contributed by atoms with Crippen LogP contribution in [0.2, 0.25) is 0 Å². The second kappa shape index (κ2) is 9.16. The predicted molar refractivity (Wildman–Crippen MR) is 124 cm³/mol. The monoisotopic (exact) mass is 436 g/mol. The molecule has 0 radical (unpaired) electrons. The third-order valence-electron chi connectivity index (χ3n) is 5.90. The van der Waals surface area contributed by atoms with Crippen molar-refractivity contribution >= 4 is 5.69 Å². The smallest absolute Gasteiger partial charge is 0.173 e. The zero-order valence-electron chi connectivity index (χ0n) is 19.5. The molecule has 1 aliphatic heterocycles. The van der Waals surface area contributed by atoms with Crippen molar-refractivity contribution in [1.29, 1.82) is 0 Å². The molecule has 8 nitrogen and oxygen atoms in total. The highest BCUT2D eigenvalue weighted by Gasteiger charge is 2.33. The number of anilines is 1. The molecule has 3 aromatic rings. The summed E-state index contributed by atoms with van der Waals surface area (Å²) in [5.74, 6) is 2.24. The molecular formula is C24H32N6O2. The third-order valence-corrected chi connectivity index (χ3v) is 5.90. The number of hydrogen-bond acceptors (Lipinski definition) is 7. The van der Waals surface area contributed by atoms with Crippen LogP contribution in [0.4, 0.5) is 5.69 Å². The van der Waals surface area contributed by atoms with E-state index >= 15 is 0 Å². The molecule has 2 heterocycles. The van der Waals surface area contributed by atoms with Crippen LogP contribution in [0.5, 0.6) is 11.5 Å². The van der Waals surface area contributed by atoms with E-state index in [1.54, 1.807) is 14.2 Å². The number of aromatic nitrogens is 4. The second-order valence-corrected chi connectivity index (χ2v) is 9.00. The van der Waals surface area contributed by atoms with Crippen molar-refractivity contribution < 1.29 is 9.47 Å². The van der Waals surface area contributed by atoms with Crippen LogP contribution in [0.1, 0.15) is 38.2 Å². The van der Waals surface area contributed by atoms with E-state index in [-0.39, 0.29) is 11.6 Å². The average molecular weight is 437 g/mol. The molecule has 0 aliphatic carbocycles. The Bertz CT molecular complexity index is 1020. The zero-order chi connectivity index (χ0) is 22.7. The number of ether oxygens (including phenoxy) is 2. The van der Waals surface area contributed by atoms with E-state index in [2.05, 4.69) is 82.5 Å². The summed E-state index contributed by atoms with van der Waals surface area (Å²) >= 11 is 0. The number of benzene rings is 2. The van der Waals surface area contributed by atoms with Crippen LogP contribution in [0, 0.1) is 0 Å². The van der Waals surface area contributed by atoms with E-state index in [1.165, 1.54) is 5.69 Å². The van der Waals surface area contributed by atoms with E-state index in [9.17, 15) is 0 Å². The molecule has 1 aliphatic rings. The maximum atomic E-state index is 5.59. The Kier molecular flexibility index (Phi) is 6.32. The van der Waals surface area contributed by atoms with Gasteiger partial charge in [0.05, 0.1) is 25.8 Å². The van der Waals surface area contributed by atoms with Crippen LogP contribution in [0.25, 0.3) is 0 Å². The first-order chi connectivity index (χ1) is 15.4. The number of tetrazole rings is 1. The Balaban J connectivity index is 1.69. The Labute approximate surface area is 189 Å². The molecule has 0 saturated carbocycles. The van der Waals surface area contributed by atoms with Gasteiger partial charge in [-0.3, -0.25) is 4.90 Å². The van der Waals surface area contributed by atoms with Gasteiger partial charge in [-0.2, -0.15) is 0 Å². The van der Waals surface area contributed by atoms with Gasteiger partial charge in [0.15, 0.2) is 17.3 Å². The SMILES string of the molecule is COc1ccc(C(c2nnnn2C(C)(C)C)N2CCN(c3ccccc3)CC2)cc1OC. The molecule has 2 aromatic carbocycles. The molecule has 1 saturated heterocycles. The first kappa shape index (κ1) is 22.1. The van der Waals surface area contributed by atoms with Gasteiger partial charge in [0.1, 0.15) is 0 Å². The highest BCUT2D eigenvalue weighted by molar-refractivity contribution is 5.47. The standard InChI is InChI=1S/C24H32N6O2/c1-24(2,3)30-23(25-26-27-30)22(18-11-12-20(31-4)21(17-18)32-5)29-15-13-28(14-16-29)19-9-7-6-8-10-19/h6-12,17,22H,13-16H2,1-5H3. The molecule has 0 spiro atoms. The Hall–Kier alpha value is -3.13. The van der Waals surface area contributed by atoms with E-state index in [0.29, 0.717) is 11.5 Å². The average Bonchev–Trinajstić information content (AvgIpc) is 3.30. The zero-order valence-corrected chi connectivity index (χ0v) is 19.5. The summed E-state index contributed by atoms with van der Waals surface area (Å²) in [6.07, 6.45) is 0. The number of nitrogens with zero attached hydrogens (tertiary/aromatic N) is 6. The summed E-state index contributed by atoms with van der Waals surface area (Å²) in [6.45, 7) is 10.0. The summed E-state index contributed by atoms with van der Waals surface area (Å²) in [4.78, 5) is 4.88. The first-order valence-electron chi connectivity index (χ1n) is 11.0. The lowest BCUT2D eigenvalue weighted by Gasteiger charge is -2.40. The minimum Gasteiger partial charge on any atom is -0.493 e. The van der Waals surface area contributed by atoms with Crippen LogP contribution in [0.15, 0.2) is 48.5 Å². The van der Waals surface area contributed by atoms with Crippen LogP contribution >= 0.6 is 0 Å². The fourth-order valence-corrected chi connectivity index (χ4v) is 4.27. The number of para-hydroxylation sites is 1. The number of methoxy groups -OCH3 is 2. The predicted octanol–water partition coefficient (Wildman–Crippen LogP) is 3.36. The largest absolute Gasteiger partial charge is 0.493 e. The molecule has 4 rings (SSSR count). The maximum absolute atomic E-state index is 5.59. The quantitative estimate of drug-likeness (QED) is 0.587. The molecule has 0 N–H and O–H groups in total. The van der Waals surface area contributed by atoms with Crippen molar-refractivity contribution in [1.82, 2.24) is 25.1 Å². The summed E-state index contributed by atoms with van der Waals surface area (Å²) in [6, 6.07) is 16.5. The fraction of sp³-hybridized carbons (Fsp3) is 0.458. The van der Waals surface area contributed by atoms with Crippen LogP contribution in [-0.4, -0.2) is 65.5 Å². The number of hydrogen-bond donors (Lipinski definition) is 0. The Morgan fingerprint density at radius 1 is 0.875 bits per heavy atom. The minimum absolute atomic E-state index is 0.0954. The van der Waals surface area contributed by atoms with Gasteiger partial charge in [-0.05, 0) is 61.0 Å². The van der Waals surface area contributed by atoms with Gasteiger partial charge in [-0.25, -0.2) is 4.68 Å². The van der Waals surface area contributed by atoms with Gasteiger partial charge < -0.3 is 14.4 Å². The normalized spacial score (nSPS) is 16.1.